The van der Waals surface area contributed by atoms with E-state index in [1.807, 2.05) is 52.8 Å². The predicted molar refractivity (Wildman–Crippen MR) is 319 cm³/mol. The Morgan fingerprint density at radius 2 is 1.09 bits per heavy atom. The minimum Gasteiger partial charge on any atom is -0.508 e. The third-order valence-corrected chi connectivity index (χ3v) is 12.4. The van der Waals surface area contributed by atoms with Gasteiger partial charge in [-0.05, 0) is 148 Å². The van der Waals surface area contributed by atoms with Crippen molar-refractivity contribution in [1.82, 2.24) is 9.80 Å². The van der Waals surface area contributed by atoms with Gasteiger partial charge in [-0.2, -0.15) is 0 Å². The maximum atomic E-state index is 13.3. The third kappa shape index (κ3) is 21.7. The highest BCUT2D eigenvalue weighted by molar-refractivity contribution is 8.24. The molecule has 3 atom stereocenters. The van der Waals surface area contributed by atoms with Gasteiger partial charge in [-0.3, -0.25) is 19.2 Å². The van der Waals surface area contributed by atoms with Crippen molar-refractivity contribution in [3.05, 3.63) is 159 Å². The van der Waals surface area contributed by atoms with Crippen LogP contribution in [0.15, 0.2) is 120 Å². The number of methoxy groups -OCH3 is 2. The van der Waals surface area contributed by atoms with Crippen molar-refractivity contribution in [2.75, 3.05) is 47.0 Å². The van der Waals surface area contributed by atoms with Crippen molar-refractivity contribution in [3.63, 3.8) is 0 Å². The maximum Gasteiger partial charge on any atom is 0.355 e. The van der Waals surface area contributed by atoms with E-state index in [1.165, 1.54) is 55.7 Å². The maximum absolute atomic E-state index is 13.3. The highest BCUT2D eigenvalue weighted by Gasteiger charge is 2.22. The van der Waals surface area contributed by atoms with Crippen LogP contribution in [0.25, 0.3) is 24.3 Å². The Kier molecular flexibility index (Phi) is 29.0. The summed E-state index contributed by atoms with van der Waals surface area (Å²) >= 11 is 4.31. The summed E-state index contributed by atoms with van der Waals surface area (Å²) < 4.78 is 28.6. The average Bonchev–Trinajstić information content (AvgIpc) is 3.45. The molecule has 1 fully saturated rings. The molecular weight excluding hydrogens is 1070 g/mol. The number of hydrogen-bond donors (Lipinski definition) is 6. The molecule has 5 rings (SSSR count). The summed E-state index contributed by atoms with van der Waals surface area (Å²) in [5, 5.41) is 60.0. The first kappa shape index (κ1) is 64.6. The summed E-state index contributed by atoms with van der Waals surface area (Å²) in [5.74, 6) is -1.05. The van der Waals surface area contributed by atoms with Crippen LogP contribution < -0.4 is 14.2 Å². The van der Waals surface area contributed by atoms with Gasteiger partial charge in [-0.15, -0.1) is 0 Å². The lowest BCUT2D eigenvalue weighted by atomic mass is 10.0. The molecular formula is C60H75N2O14P2S+. The molecule has 79 heavy (non-hydrogen) atoms. The van der Waals surface area contributed by atoms with E-state index in [4.69, 9.17) is 20.2 Å². The van der Waals surface area contributed by atoms with Gasteiger partial charge in [-0.1, -0.05) is 54.6 Å². The average molecular weight is 1140 g/mol. The van der Waals surface area contributed by atoms with Gasteiger partial charge in [-0.25, -0.2) is 0 Å². The van der Waals surface area contributed by atoms with E-state index in [9.17, 15) is 49.8 Å². The quantitative estimate of drug-likeness (QED) is 0.0166. The summed E-state index contributed by atoms with van der Waals surface area (Å²) in [6, 6.07) is 20.0. The van der Waals surface area contributed by atoms with E-state index in [0.717, 1.165) is 36.0 Å². The van der Waals surface area contributed by atoms with Gasteiger partial charge >= 0.3 is 1.28 Å². The van der Waals surface area contributed by atoms with E-state index in [0.29, 0.717) is 66.5 Å². The number of phenols is 2. The molecule has 1 saturated heterocycles. The largest absolute Gasteiger partial charge is 0.508 e. The fraction of sp³-hybridized carbons (Fsp3) is 0.333. The van der Waals surface area contributed by atoms with Crippen LogP contribution in [-0.2, 0) is 48.9 Å². The number of aromatic hydroxyl groups is 2. The predicted octanol–water partition coefficient (Wildman–Crippen LogP) is 10.6. The van der Waals surface area contributed by atoms with Crippen molar-refractivity contribution in [1.29, 1.82) is 1.28 Å². The van der Waals surface area contributed by atoms with Crippen molar-refractivity contribution < 1.29 is 68.8 Å². The first-order valence-corrected chi connectivity index (χ1v) is 29.2. The van der Waals surface area contributed by atoms with E-state index < -0.39 is 18.6 Å². The minimum atomic E-state index is -0.870. The number of aliphatic hydroxyl groups is 4. The standard InChI is InChI=1S/C33H41NO7.C27H31NO7.H2P2S/c1-5-34(6-2)32(38)21-27(28(36)15-12-24-11-10-23(3)26(19-24)22-35)29(37)16-13-25-14-17-30(31(20-25)39-4)41-33-9-7-8-18-40-33;1-4-28(5-2)27(34)16-21(23(31)11-7-18-6-10-22(30)20(14-18)17-29)24(32)12-8-19-9-13-25(33)26(15-19)35-3;1-2-3/h10-17,19-20,33,35-36H,5-9,18,21-22H2,1-4H3;6-15,29-31,33H,4-5,16-17H2,1-3H3;1H2/p+1/b15-12+,16-13+,28-27-;11-7+,12-8+,23-21-;/i/hT. The summed E-state index contributed by atoms with van der Waals surface area (Å²) in [5.41, 5.74) is 4.54. The second-order valence-electron chi connectivity index (χ2n) is 17.5. The molecule has 0 spiro atoms. The molecule has 3 unspecified atom stereocenters. The SMILES string of the molecule is CCN(CC)C(=O)C/C(C(=O)/C=C/c1ccc(O)c(OC)c1)=C(O)\C=C\c1ccc(O)c(CO)c1.CCN(CC)C(=O)C/C(C(=O)/C=C/c1ccc(OC2CCCCO2)c(OC)c1)=C(O)\C=C\c1ccc(C)c(CO)c1.[3H][P+](P)=S. The zero-order valence-electron chi connectivity index (χ0n) is 46.9. The topological polar surface area (TPSA) is 233 Å². The molecule has 1 heterocycles. The fourth-order valence-electron chi connectivity index (χ4n) is 7.81. The van der Waals surface area contributed by atoms with Crippen LogP contribution >= 0.6 is 15.9 Å². The summed E-state index contributed by atoms with van der Waals surface area (Å²) in [4.78, 5) is 55.1. The van der Waals surface area contributed by atoms with Gasteiger partial charge in [0.2, 0.25) is 11.8 Å². The number of allylic oxidation sites excluding steroid dienone is 4. The Balaban J connectivity index is 0.000000398. The van der Waals surface area contributed by atoms with Crippen LogP contribution in [0.2, 0.25) is 0 Å². The normalized spacial score (nSPS) is 14.3. The number of ether oxygens (including phenoxy) is 4. The second-order valence-corrected chi connectivity index (χ2v) is 20.3. The van der Waals surface area contributed by atoms with Gasteiger partial charge in [0.15, 0.2) is 59.7 Å². The molecule has 1 aliphatic heterocycles. The molecule has 2 amide bonds. The lowest BCUT2D eigenvalue weighted by Gasteiger charge is -2.24. The van der Waals surface area contributed by atoms with Gasteiger partial charge < -0.3 is 59.4 Å². The molecule has 4 aromatic rings. The van der Waals surface area contributed by atoms with Crippen LogP contribution in [0.4, 0.5) is 0 Å². The molecule has 0 aliphatic carbocycles. The molecule has 6 N–H and O–H groups in total. The van der Waals surface area contributed by atoms with Gasteiger partial charge in [0.1, 0.15) is 17.3 Å². The second kappa shape index (κ2) is 35.5. The highest BCUT2D eigenvalue weighted by atomic mass is 32.6. The van der Waals surface area contributed by atoms with Crippen LogP contribution in [0, 0.1) is 6.92 Å². The minimum absolute atomic E-state index is 0.00902. The number of benzene rings is 4. The smallest absolute Gasteiger partial charge is 0.355 e. The molecule has 16 nitrogen and oxygen atoms in total. The van der Waals surface area contributed by atoms with E-state index >= 15 is 0 Å². The van der Waals surface area contributed by atoms with Crippen molar-refractivity contribution in [2.45, 2.75) is 86.2 Å². The Morgan fingerprint density at radius 1 is 0.658 bits per heavy atom. The van der Waals surface area contributed by atoms with E-state index in [2.05, 4.69) is 20.7 Å². The van der Waals surface area contributed by atoms with Crippen molar-refractivity contribution in [3.8, 4) is 28.7 Å². The van der Waals surface area contributed by atoms with Crippen molar-refractivity contribution in [2.24, 2.45) is 0 Å². The van der Waals surface area contributed by atoms with E-state index in [-0.39, 0.29) is 84.1 Å². The highest BCUT2D eigenvalue weighted by Crippen LogP contribution is 2.32. The van der Waals surface area contributed by atoms with Crippen molar-refractivity contribution >= 4 is 75.4 Å². The summed E-state index contributed by atoms with van der Waals surface area (Å²) in [6.07, 6.45) is 13.6. The number of ketones is 2. The zero-order chi connectivity index (χ0) is 59.3. The third-order valence-electron chi connectivity index (χ3n) is 12.4. The Morgan fingerprint density at radius 3 is 1.54 bits per heavy atom. The van der Waals surface area contributed by atoms with Crippen LogP contribution in [-0.4, -0.2) is 118 Å². The van der Waals surface area contributed by atoms with Crippen LogP contribution in [0.1, 0.15) is 98.7 Å². The number of carbonyl (C=O) groups excluding carboxylic acids is 4. The molecule has 1 aliphatic rings. The number of rotatable bonds is 24. The first-order valence-electron chi connectivity index (χ1n) is 26.1. The molecule has 19 heteroatoms. The number of hydrogen-bond acceptors (Lipinski definition) is 15. The number of aryl methyl sites for hydroxylation is 1. The monoisotopic (exact) mass is 1140 g/mol. The first-order chi connectivity index (χ1) is 38.2. The summed E-state index contributed by atoms with van der Waals surface area (Å²) in [6.45, 7) is 10.5. The Labute approximate surface area is 473 Å². The zero-order valence-corrected chi connectivity index (χ0v) is 48.8. The molecule has 0 bridgehead atoms. The molecule has 0 aromatic heterocycles. The number of nitrogens with zero attached hydrogens (tertiary/aromatic N) is 2. The molecule has 4 aromatic carbocycles. The molecule has 0 saturated carbocycles. The summed E-state index contributed by atoms with van der Waals surface area (Å²) in [7, 11) is 5.16. The van der Waals surface area contributed by atoms with Crippen LogP contribution in [0.5, 0.6) is 28.7 Å². The number of carbonyl (C=O) groups is 4. The number of amides is 2. The van der Waals surface area contributed by atoms with Gasteiger partial charge in [0.25, 0.3) is 0 Å². The lowest BCUT2D eigenvalue weighted by molar-refractivity contribution is -0.131. The Bertz CT molecular complexity index is 2940. The molecule has 424 valence electrons. The number of aliphatic hydroxyl groups excluding tert-OH is 4. The van der Waals surface area contributed by atoms with E-state index in [1.54, 1.807) is 71.5 Å². The van der Waals surface area contributed by atoms with Gasteiger partial charge in [0, 0.05) is 38.2 Å². The Hall–Kier alpha value is -6.97. The molecule has 0 radical (unpaired) electrons. The number of phenolic OH excluding ortho intramolecular Hbond substituents is 1. The van der Waals surface area contributed by atoms with Gasteiger partial charge in [0.05, 0.1) is 67.0 Å². The van der Waals surface area contributed by atoms with Crippen LogP contribution in [0.3, 0.4) is 0 Å². The fourth-order valence-corrected chi connectivity index (χ4v) is 7.81. The lowest BCUT2D eigenvalue weighted by Crippen LogP contribution is -2.31.